The second-order valence-corrected chi connectivity index (χ2v) is 5.82. The van der Waals surface area contributed by atoms with Crippen molar-refractivity contribution < 1.29 is 4.39 Å². The second kappa shape index (κ2) is 4.54. The molecule has 0 amide bonds. The summed E-state index contributed by atoms with van der Waals surface area (Å²) in [5.74, 6) is 0.657. The van der Waals surface area contributed by atoms with Gasteiger partial charge in [-0.05, 0) is 62.3 Å². The molecule has 0 bridgehead atoms. The van der Waals surface area contributed by atoms with Crippen LogP contribution in [0.2, 0.25) is 0 Å². The van der Waals surface area contributed by atoms with Crippen LogP contribution < -0.4 is 10.6 Å². The van der Waals surface area contributed by atoms with Crippen molar-refractivity contribution in [2.75, 3.05) is 11.4 Å². The fourth-order valence-corrected chi connectivity index (χ4v) is 2.56. The van der Waals surface area contributed by atoms with Crippen molar-refractivity contribution in [3.05, 3.63) is 29.6 Å². The molecule has 0 heterocycles. The minimum atomic E-state index is -0.187. The van der Waals surface area contributed by atoms with Gasteiger partial charge in [0, 0.05) is 24.3 Å². The molecule has 0 saturated heterocycles. The molecule has 0 aromatic heterocycles. The molecule has 1 atom stereocenters. The summed E-state index contributed by atoms with van der Waals surface area (Å²) in [5, 5.41) is 0. The highest BCUT2D eigenvalue weighted by Gasteiger charge is 2.34. The normalized spacial score (nSPS) is 20.8. The van der Waals surface area contributed by atoms with Crippen molar-refractivity contribution >= 4 is 5.69 Å². The van der Waals surface area contributed by atoms with Crippen molar-refractivity contribution in [3.63, 3.8) is 0 Å². The highest BCUT2D eigenvalue weighted by molar-refractivity contribution is 5.57. The van der Waals surface area contributed by atoms with E-state index in [0.717, 1.165) is 23.7 Å². The SMILES string of the molecule is CC(N)c1cc(F)ccc1N(CC1CC1)C1CC1. The van der Waals surface area contributed by atoms with Crippen LogP contribution in [0.5, 0.6) is 0 Å². The first-order chi connectivity index (χ1) is 8.65. The predicted molar refractivity (Wildman–Crippen MR) is 72.1 cm³/mol. The van der Waals surface area contributed by atoms with Gasteiger partial charge in [-0.1, -0.05) is 0 Å². The van der Waals surface area contributed by atoms with Gasteiger partial charge < -0.3 is 10.6 Å². The predicted octanol–water partition coefficient (Wildman–Crippen LogP) is 3.22. The Labute approximate surface area is 108 Å². The van der Waals surface area contributed by atoms with E-state index in [1.54, 1.807) is 12.1 Å². The lowest BCUT2D eigenvalue weighted by atomic mass is 10.0. The number of hydrogen-bond donors (Lipinski definition) is 1. The molecular weight excluding hydrogens is 227 g/mol. The highest BCUT2D eigenvalue weighted by atomic mass is 19.1. The smallest absolute Gasteiger partial charge is 0.123 e. The van der Waals surface area contributed by atoms with Crippen molar-refractivity contribution in [3.8, 4) is 0 Å². The standard InChI is InChI=1S/C15H21FN2/c1-10(17)14-8-12(16)4-7-15(14)18(13-5-6-13)9-11-2-3-11/h4,7-8,10-11,13H,2-3,5-6,9,17H2,1H3. The molecule has 1 aromatic rings. The van der Waals surface area contributed by atoms with E-state index < -0.39 is 0 Å². The van der Waals surface area contributed by atoms with Crippen molar-refractivity contribution in [1.82, 2.24) is 0 Å². The molecule has 2 nitrogen and oxygen atoms in total. The van der Waals surface area contributed by atoms with Crippen LogP contribution in [0.4, 0.5) is 10.1 Å². The summed E-state index contributed by atoms with van der Waals surface area (Å²) < 4.78 is 13.4. The van der Waals surface area contributed by atoms with Gasteiger partial charge in [0.1, 0.15) is 5.82 Å². The van der Waals surface area contributed by atoms with E-state index in [4.69, 9.17) is 5.73 Å². The number of halogens is 1. The van der Waals surface area contributed by atoms with Gasteiger partial charge >= 0.3 is 0 Å². The molecule has 1 unspecified atom stereocenters. The molecule has 0 aliphatic heterocycles. The number of nitrogens with zero attached hydrogens (tertiary/aromatic N) is 1. The number of hydrogen-bond acceptors (Lipinski definition) is 2. The van der Waals surface area contributed by atoms with E-state index in [2.05, 4.69) is 4.90 Å². The van der Waals surface area contributed by atoms with Crippen LogP contribution in [0.25, 0.3) is 0 Å². The molecule has 1 aromatic carbocycles. The summed E-state index contributed by atoms with van der Waals surface area (Å²) in [5.41, 5.74) is 8.10. The summed E-state index contributed by atoms with van der Waals surface area (Å²) in [6.07, 6.45) is 5.22. The fourth-order valence-electron chi connectivity index (χ4n) is 2.56. The van der Waals surface area contributed by atoms with Gasteiger partial charge in [0.25, 0.3) is 0 Å². The Hall–Kier alpha value is -1.09. The summed E-state index contributed by atoms with van der Waals surface area (Å²) in [6, 6.07) is 5.62. The Bertz CT molecular complexity index is 436. The van der Waals surface area contributed by atoms with E-state index in [9.17, 15) is 4.39 Å². The average Bonchev–Trinajstić information content (AvgIpc) is 3.19. The van der Waals surface area contributed by atoms with E-state index in [1.807, 2.05) is 13.0 Å². The molecule has 98 valence electrons. The molecule has 0 spiro atoms. The average molecular weight is 248 g/mol. The van der Waals surface area contributed by atoms with Gasteiger partial charge in [-0.2, -0.15) is 0 Å². The third-order valence-corrected chi connectivity index (χ3v) is 3.93. The van der Waals surface area contributed by atoms with E-state index in [1.165, 1.54) is 25.7 Å². The molecule has 18 heavy (non-hydrogen) atoms. The topological polar surface area (TPSA) is 29.3 Å². The maximum Gasteiger partial charge on any atom is 0.123 e. The Balaban J connectivity index is 1.91. The Morgan fingerprint density at radius 1 is 1.33 bits per heavy atom. The maximum absolute atomic E-state index is 13.4. The first-order valence-electron chi connectivity index (χ1n) is 6.97. The molecule has 2 aliphatic rings. The second-order valence-electron chi connectivity index (χ2n) is 5.82. The maximum atomic E-state index is 13.4. The molecule has 2 N–H and O–H groups in total. The fraction of sp³-hybridized carbons (Fsp3) is 0.600. The third kappa shape index (κ3) is 2.51. The van der Waals surface area contributed by atoms with E-state index in [-0.39, 0.29) is 11.9 Å². The number of nitrogens with two attached hydrogens (primary N) is 1. The summed E-state index contributed by atoms with van der Waals surface area (Å²) in [7, 11) is 0. The summed E-state index contributed by atoms with van der Waals surface area (Å²) in [4.78, 5) is 2.47. The number of anilines is 1. The largest absolute Gasteiger partial charge is 0.368 e. The van der Waals surface area contributed by atoms with Crippen LogP contribution in [0.1, 0.15) is 44.2 Å². The quantitative estimate of drug-likeness (QED) is 0.867. The van der Waals surface area contributed by atoms with Crippen LogP contribution in [-0.2, 0) is 0 Å². The van der Waals surface area contributed by atoms with E-state index >= 15 is 0 Å². The molecular formula is C15H21FN2. The van der Waals surface area contributed by atoms with Gasteiger partial charge in [0.15, 0.2) is 0 Å². The Morgan fingerprint density at radius 2 is 2.06 bits per heavy atom. The van der Waals surface area contributed by atoms with Crippen LogP contribution in [0.15, 0.2) is 18.2 Å². The van der Waals surface area contributed by atoms with Gasteiger partial charge in [0.2, 0.25) is 0 Å². The zero-order valence-corrected chi connectivity index (χ0v) is 10.9. The lowest BCUT2D eigenvalue weighted by Gasteiger charge is -2.28. The van der Waals surface area contributed by atoms with Gasteiger partial charge in [0.05, 0.1) is 0 Å². The lowest BCUT2D eigenvalue weighted by molar-refractivity contribution is 0.620. The molecule has 2 saturated carbocycles. The zero-order chi connectivity index (χ0) is 12.7. The molecule has 3 heteroatoms. The molecule has 2 fully saturated rings. The van der Waals surface area contributed by atoms with Gasteiger partial charge in [-0.15, -0.1) is 0 Å². The van der Waals surface area contributed by atoms with Crippen molar-refractivity contribution in [1.29, 1.82) is 0 Å². The van der Waals surface area contributed by atoms with Crippen LogP contribution in [0, 0.1) is 11.7 Å². The van der Waals surface area contributed by atoms with Gasteiger partial charge in [-0.25, -0.2) is 4.39 Å². The van der Waals surface area contributed by atoms with Crippen LogP contribution in [0.3, 0.4) is 0 Å². The minimum Gasteiger partial charge on any atom is -0.368 e. The Kier molecular flexibility index (Phi) is 3.02. The van der Waals surface area contributed by atoms with Crippen molar-refractivity contribution in [2.45, 2.75) is 44.7 Å². The number of benzene rings is 1. The molecule has 3 rings (SSSR count). The Morgan fingerprint density at radius 3 is 2.61 bits per heavy atom. The first kappa shape index (κ1) is 12.0. The lowest BCUT2D eigenvalue weighted by Crippen LogP contribution is -2.30. The third-order valence-electron chi connectivity index (χ3n) is 3.93. The van der Waals surface area contributed by atoms with Crippen LogP contribution >= 0.6 is 0 Å². The highest BCUT2D eigenvalue weighted by Crippen LogP contribution is 2.39. The molecule has 0 radical (unpaired) electrons. The zero-order valence-electron chi connectivity index (χ0n) is 10.9. The van der Waals surface area contributed by atoms with Crippen LogP contribution in [-0.4, -0.2) is 12.6 Å². The summed E-state index contributed by atoms with van der Waals surface area (Å²) in [6.45, 7) is 3.05. The number of rotatable bonds is 5. The van der Waals surface area contributed by atoms with Gasteiger partial charge in [-0.3, -0.25) is 0 Å². The molecule has 2 aliphatic carbocycles. The monoisotopic (exact) mass is 248 g/mol. The minimum absolute atomic E-state index is 0.115. The summed E-state index contributed by atoms with van der Waals surface area (Å²) >= 11 is 0. The first-order valence-corrected chi connectivity index (χ1v) is 6.97. The van der Waals surface area contributed by atoms with Crippen molar-refractivity contribution in [2.24, 2.45) is 11.7 Å². The van der Waals surface area contributed by atoms with E-state index in [0.29, 0.717) is 6.04 Å².